The van der Waals surface area contributed by atoms with Gasteiger partial charge in [0.25, 0.3) is 0 Å². The molecule has 2 aromatic carbocycles. The van der Waals surface area contributed by atoms with E-state index in [9.17, 15) is 14.0 Å². The maximum atomic E-state index is 13.9. The highest BCUT2D eigenvalue weighted by Crippen LogP contribution is 2.21. The molecule has 7 nitrogen and oxygen atoms in total. The van der Waals surface area contributed by atoms with Gasteiger partial charge in [-0.3, -0.25) is 9.59 Å². The summed E-state index contributed by atoms with van der Waals surface area (Å²) in [6, 6.07) is 11.8. The van der Waals surface area contributed by atoms with E-state index in [4.69, 9.17) is 4.52 Å². The molecular formula is C21H21FN4O3. The number of benzene rings is 2. The molecule has 2 amide bonds. The molecule has 1 heterocycles. The standard InChI is InChI=1S/C21H21FN4O3/c1-3-14-4-6-15(7-5-14)21-25-20(29-26-21)11-10-19(28)24-18-12-16(23-13(2)27)8-9-17(18)22/h4-9,12H,3,10-11H2,1-2H3,(H,23,27)(H,24,28). The van der Waals surface area contributed by atoms with E-state index in [1.54, 1.807) is 0 Å². The van der Waals surface area contributed by atoms with Gasteiger partial charge in [-0.05, 0) is 30.2 Å². The minimum atomic E-state index is -0.594. The molecule has 0 aliphatic carbocycles. The van der Waals surface area contributed by atoms with Crippen LogP contribution < -0.4 is 10.6 Å². The first kappa shape index (κ1) is 20.2. The second kappa shape index (κ2) is 9.09. The molecule has 0 bridgehead atoms. The molecule has 2 N–H and O–H groups in total. The van der Waals surface area contributed by atoms with E-state index in [0.717, 1.165) is 12.0 Å². The lowest BCUT2D eigenvalue weighted by Crippen LogP contribution is -2.14. The van der Waals surface area contributed by atoms with Gasteiger partial charge in [0, 0.05) is 31.0 Å². The van der Waals surface area contributed by atoms with Crippen molar-refractivity contribution in [2.75, 3.05) is 10.6 Å². The number of carbonyl (C=O) groups excluding carboxylic acids is 2. The molecule has 1 aromatic heterocycles. The molecule has 0 radical (unpaired) electrons. The Kier molecular flexibility index (Phi) is 6.33. The first-order chi connectivity index (χ1) is 13.9. The fraction of sp³-hybridized carbons (Fsp3) is 0.238. The molecule has 0 aliphatic heterocycles. The number of halogens is 1. The predicted molar refractivity (Wildman–Crippen MR) is 107 cm³/mol. The highest BCUT2D eigenvalue weighted by atomic mass is 19.1. The average Bonchev–Trinajstić information content (AvgIpc) is 3.18. The minimum absolute atomic E-state index is 0.0107. The summed E-state index contributed by atoms with van der Waals surface area (Å²) >= 11 is 0. The molecular weight excluding hydrogens is 375 g/mol. The second-order valence-corrected chi connectivity index (χ2v) is 6.49. The van der Waals surface area contributed by atoms with E-state index in [1.165, 1.54) is 30.7 Å². The van der Waals surface area contributed by atoms with E-state index < -0.39 is 11.7 Å². The number of carbonyl (C=O) groups is 2. The fourth-order valence-corrected chi connectivity index (χ4v) is 2.70. The van der Waals surface area contributed by atoms with Gasteiger partial charge in [-0.2, -0.15) is 4.98 Å². The number of hydrogen-bond acceptors (Lipinski definition) is 5. The highest BCUT2D eigenvalue weighted by Gasteiger charge is 2.13. The summed E-state index contributed by atoms with van der Waals surface area (Å²) in [5, 5.41) is 8.97. The molecule has 0 saturated heterocycles. The molecule has 0 fully saturated rings. The summed E-state index contributed by atoms with van der Waals surface area (Å²) in [5.74, 6) is -0.510. The van der Waals surface area contributed by atoms with Crippen LogP contribution in [0.25, 0.3) is 11.4 Å². The number of nitrogens with zero attached hydrogens (tertiary/aromatic N) is 2. The van der Waals surface area contributed by atoms with Crippen molar-refractivity contribution in [1.82, 2.24) is 10.1 Å². The van der Waals surface area contributed by atoms with Crippen LogP contribution in [-0.2, 0) is 22.4 Å². The first-order valence-electron chi connectivity index (χ1n) is 9.23. The number of hydrogen-bond donors (Lipinski definition) is 2. The van der Waals surface area contributed by atoms with Crippen LogP contribution in [-0.4, -0.2) is 22.0 Å². The molecule has 0 spiro atoms. The summed E-state index contributed by atoms with van der Waals surface area (Å²) in [6.07, 6.45) is 1.21. The van der Waals surface area contributed by atoms with Crippen molar-refractivity contribution in [3.63, 3.8) is 0 Å². The van der Waals surface area contributed by atoms with E-state index in [1.807, 2.05) is 24.3 Å². The van der Waals surface area contributed by atoms with Crippen LogP contribution in [0.5, 0.6) is 0 Å². The van der Waals surface area contributed by atoms with Crippen molar-refractivity contribution in [2.24, 2.45) is 0 Å². The zero-order valence-electron chi connectivity index (χ0n) is 16.2. The molecule has 0 aliphatic rings. The molecule has 0 unspecified atom stereocenters. The largest absolute Gasteiger partial charge is 0.339 e. The summed E-state index contributed by atoms with van der Waals surface area (Å²) in [6.45, 7) is 3.42. The van der Waals surface area contributed by atoms with Crippen molar-refractivity contribution in [3.05, 3.63) is 59.7 Å². The van der Waals surface area contributed by atoms with Crippen molar-refractivity contribution in [2.45, 2.75) is 33.1 Å². The Labute approximate surface area is 167 Å². The summed E-state index contributed by atoms with van der Waals surface area (Å²) in [5.41, 5.74) is 2.43. The van der Waals surface area contributed by atoms with Gasteiger partial charge in [-0.15, -0.1) is 0 Å². The van der Waals surface area contributed by atoms with E-state index in [-0.39, 0.29) is 24.4 Å². The van der Waals surface area contributed by atoms with Gasteiger partial charge in [0.15, 0.2) is 0 Å². The number of amides is 2. The van der Waals surface area contributed by atoms with Crippen molar-refractivity contribution >= 4 is 23.2 Å². The van der Waals surface area contributed by atoms with Crippen molar-refractivity contribution < 1.29 is 18.5 Å². The van der Waals surface area contributed by atoms with E-state index >= 15 is 0 Å². The number of aromatic nitrogens is 2. The number of rotatable bonds is 7. The van der Waals surface area contributed by atoms with Crippen molar-refractivity contribution in [3.8, 4) is 11.4 Å². The Bertz CT molecular complexity index is 1020. The molecule has 29 heavy (non-hydrogen) atoms. The zero-order valence-corrected chi connectivity index (χ0v) is 16.2. The Balaban J connectivity index is 1.58. The average molecular weight is 396 g/mol. The number of nitrogens with one attached hydrogen (secondary N) is 2. The van der Waals surface area contributed by atoms with Crippen LogP contribution in [0.2, 0.25) is 0 Å². The third-order valence-electron chi connectivity index (χ3n) is 4.22. The summed E-state index contributed by atoms with van der Waals surface area (Å²) in [4.78, 5) is 27.6. The lowest BCUT2D eigenvalue weighted by Gasteiger charge is -2.08. The van der Waals surface area contributed by atoms with Gasteiger partial charge < -0.3 is 15.2 Å². The first-order valence-corrected chi connectivity index (χ1v) is 9.23. The monoisotopic (exact) mass is 396 g/mol. The SMILES string of the molecule is CCc1ccc(-c2noc(CCC(=O)Nc3cc(NC(C)=O)ccc3F)n2)cc1. The van der Waals surface area contributed by atoms with Crippen LogP contribution in [0, 0.1) is 5.82 Å². The Morgan fingerprint density at radius 1 is 1.10 bits per heavy atom. The molecule has 0 atom stereocenters. The number of anilines is 2. The third kappa shape index (κ3) is 5.47. The Morgan fingerprint density at radius 2 is 1.86 bits per heavy atom. The lowest BCUT2D eigenvalue weighted by molar-refractivity contribution is -0.116. The zero-order chi connectivity index (χ0) is 20.8. The van der Waals surface area contributed by atoms with Gasteiger partial charge in [-0.1, -0.05) is 36.3 Å². The summed E-state index contributed by atoms with van der Waals surface area (Å²) in [7, 11) is 0. The lowest BCUT2D eigenvalue weighted by atomic mass is 10.1. The summed E-state index contributed by atoms with van der Waals surface area (Å²) < 4.78 is 19.1. The molecule has 8 heteroatoms. The van der Waals surface area contributed by atoms with Gasteiger partial charge in [0.2, 0.25) is 23.5 Å². The van der Waals surface area contributed by atoms with E-state index in [0.29, 0.717) is 17.4 Å². The van der Waals surface area contributed by atoms with Crippen LogP contribution in [0.3, 0.4) is 0 Å². The fourth-order valence-electron chi connectivity index (χ4n) is 2.70. The van der Waals surface area contributed by atoms with Crippen LogP contribution in [0.1, 0.15) is 31.7 Å². The molecule has 3 aromatic rings. The normalized spacial score (nSPS) is 10.6. The predicted octanol–water partition coefficient (Wildman–Crippen LogP) is 3.97. The van der Waals surface area contributed by atoms with E-state index in [2.05, 4.69) is 27.7 Å². The third-order valence-corrected chi connectivity index (χ3v) is 4.22. The van der Waals surface area contributed by atoms with Crippen LogP contribution in [0.4, 0.5) is 15.8 Å². The van der Waals surface area contributed by atoms with Gasteiger partial charge >= 0.3 is 0 Å². The maximum Gasteiger partial charge on any atom is 0.227 e. The Morgan fingerprint density at radius 3 is 2.55 bits per heavy atom. The molecule has 150 valence electrons. The highest BCUT2D eigenvalue weighted by molar-refractivity contribution is 5.93. The maximum absolute atomic E-state index is 13.9. The topological polar surface area (TPSA) is 97.1 Å². The quantitative estimate of drug-likeness (QED) is 0.630. The van der Waals surface area contributed by atoms with Gasteiger partial charge in [0.05, 0.1) is 5.69 Å². The van der Waals surface area contributed by atoms with Crippen LogP contribution >= 0.6 is 0 Å². The van der Waals surface area contributed by atoms with Gasteiger partial charge in [0.1, 0.15) is 5.82 Å². The minimum Gasteiger partial charge on any atom is -0.339 e. The number of aryl methyl sites for hydroxylation is 2. The van der Waals surface area contributed by atoms with Gasteiger partial charge in [-0.25, -0.2) is 4.39 Å². The molecule has 3 rings (SSSR count). The smallest absolute Gasteiger partial charge is 0.227 e. The Hall–Kier alpha value is -3.55. The molecule has 0 saturated carbocycles. The van der Waals surface area contributed by atoms with Crippen molar-refractivity contribution in [1.29, 1.82) is 0 Å². The second-order valence-electron chi connectivity index (χ2n) is 6.49. The van der Waals surface area contributed by atoms with Crippen LogP contribution in [0.15, 0.2) is 47.0 Å².